The van der Waals surface area contributed by atoms with E-state index in [9.17, 15) is 17.6 Å². The zero-order valence-corrected chi connectivity index (χ0v) is 3.96. The van der Waals surface area contributed by atoms with Gasteiger partial charge in [-0.05, 0) is 0 Å². The van der Waals surface area contributed by atoms with Gasteiger partial charge in [-0.1, -0.05) is 0 Å². The Balaban J connectivity index is 0. The predicted octanol–water partition coefficient (Wildman–Crippen LogP) is 2.11. The van der Waals surface area contributed by atoms with Crippen molar-refractivity contribution < 1.29 is 17.6 Å². The number of rotatable bonds is 0. The van der Waals surface area contributed by atoms with E-state index in [1.807, 2.05) is 4.91 Å². The van der Waals surface area contributed by atoms with E-state index in [2.05, 4.69) is 0 Å². The second kappa shape index (κ2) is 6.77. The van der Waals surface area contributed by atoms with Crippen LogP contribution in [0.4, 0.5) is 17.6 Å². The van der Waals surface area contributed by atoms with Crippen molar-refractivity contribution in [2.75, 3.05) is 0 Å². The molecule has 0 saturated carbocycles. The van der Waals surface area contributed by atoms with Crippen LogP contribution in [-0.4, -0.2) is 0 Å². The molecular weight excluding hydrogens is 142 g/mol. The summed E-state index contributed by atoms with van der Waals surface area (Å²) in [6.45, 7) is 0. The summed E-state index contributed by atoms with van der Waals surface area (Å²) in [4.78, 5) is 2.00. The Morgan fingerprint density at radius 2 is 1.00 bits per heavy atom. The fourth-order valence-electron chi connectivity index (χ4n) is 0. The van der Waals surface area contributed by atoms with Crippen molar-refractivity contribution in [3.63, 3.8) is 0 Å². The highest BCUT2D eigenvalue weighted by Crippen LogP contribution is 2.08. The Labute approximate surface area is 47.0 Å². The van der Waals surface area contributed by atoms with E-state index in [0.717, 1.165) is 0 Å². The first-order chi connectivity index (χ1) is 4.06. The molecule has 0 rings (SSSR count). The summed E-state index contributed by atoms with van der Waals surface area (Å²) in [6, 6.07) is 0. The number of nitrogens with one attached hydrogen (secondary N) is 2. The zero-order valence-electron chi connectivity index (χ0n) is 3.96. The zero-order chi connectivity index (χ0) is 7.86. The fraction of sp³-hybridized carbons (Fsp3) is 0. The Kier molecular flexibility index (Phi) is 8.05. The van der Waals surface area contributed by atoms with Crippen LogP contribution in [0, 0.1) is 11.1 Å². The Morgan fingerprint density at radius 3 is 1.00 bits per heavy atom. The lowest BCUT2D eigenvalue weighted by Crippen LogP contribution is -1.56. The van der Waals surface area contributed by atoms with Crippen LogP contribution in [0.25, 0.3) is 0 Å². The maximum absolute atomic E-state index is 10.3. The molecule has 0 spiro atoms. The first-order valence-corrected chi connectivity index (χ1v) is 1.45. The summed E-state index contributed by atoms with van der Waals surface area (Å²) >= 11 is 0. The standard InChI is InChI=1S/C2F4.H2N3/c3-1(4)2(5)6;1-3-2/h;1-2H/q;+1. The van der Waals surface area contributed by atoms with Crippen LogP contribution in [0.5, 0.6) is 0 Å². The molecule has 2 N–H and O–H groups in total. The summed E-state index contributed by atoms with van der Waals surface area (Å²) < 4.78 is 41.1. The van der Waals surface area contributed by atoms with E-state index in [-0.39, 0.29) is 0 Å². The van der Waals surface area contributed by atoms with Crippen molar-refractivity contribution in [3.05, 3.63) is 12.2 Å². The summed E-state index contributed by atoms with van der Waals surface area (Å²) in [5.74, 6) is 0. The molecule has 0 saturated heterocycles. The third-order valence-corrected chi connectivity index (χ3v) is 0.143. The number of hydrogen-bond donors (Lipinski definition) is 2. The Hall–Kier alpha value is -1.23. The molecule has 0 atom stereocenters. The van der Waals surface area contributed by atoms with E-state index in [0.29, 0.717) is 0 Å². The van der Waals surface area contributed by atoms with Gasteiger partial charge in [0.2, 0.25) is 4.91 Å². The molecule has 0 heterocycles. The van der Waals surface area contributed by atoms with Crippen LogP contribution in [0.15, 0.2) is 12.2 Å². The summed E-state index contributed by atoms with van der Waals surface area (Å²) in [7, 11) is 0. The van der Waals surface area contributed by atoms with Crippen molar-refractivity contribution in [3.8, 4) is 0 Å². The van der Waals surface area contributed by atoms with E-state index in [4.69, 9.17) is 11.1 Å². The van der Waals surface area contributed by atoms with Gasteiger partial charge in [0, 0.05) is 0 Å². The number of hydrogen-bond acceptors (Lipinski definition) is 2. The quantitative estimate of drug-likeness (QED) is 0.297. The summed E-state index contributed by atoms with van der Waals surface area (Å²) in [6.07, 6.45) is -5.81. The molecule has 7 heteroatoms. The third kappa shape index (κ3) is 20.1. The number of nitrogens with zero attached hydrogens (tertiary/aromatic N) is 1. The van der Waals surface area contributed by atoms with Gasteiger partial charge in [0.05, 0.1) is 0 Å². The second-order valence-corrected chi connectivity index (χ2v) is 0.633. The SMILES string of the molecule is FC(F)=C(F)F.N=[N+]=N. The van der Waals surface area contributed by atoms with Crippen molar-refractivity contribution in [1.29, 1.82) is 11.1 Å². The van der Waals surface area contributed by atoms with Gasteiger partial charge in [-0.3, -0.25) is 0 Å². The van der Waals surface area contributed by atoms with Gasteiger partial charge in [0.25, 0.3) is 0 Å². The van der Waals surface area contributed by atoms with Crippen molar-refractivity contribution in [1.82, 2.24) is 4.91 Å². The van der Waals surface area contributed by atoms with Gasteiger partial charge >= 0.3 is 12.2 Å². The molecule has 0 aliphatic carbocycles. The molecule has 0 radical (unpaired) electrons. The van der Waals surface area contributed by atoms with E-state index < -0.39 is 12.2 Å². The van der Waals surface area contributed by atoms with E-state index in [1.165, 1.54) is 0 Å². The first kappa shape index (κ1) is 10.7. The van der Waals surface area contributed by atoms with Crippen molar-refractivity contribution in [2.24, 2.45) is 0 Å². The van der Waals surface area contributed by atoms with E-state index >= 15 is 0 Å². The lowest BCUT2D eigenvalue weighted by molar-refractivity contribution is 0.308. The molecule has 0 aromatic carbocycles. The van der Waals surface area contributed by atoms with Crippen LogP contribution in [0.3, 0.4) is 0 Å². The highest BCUT2D eigenvalue weighted by Gasteiger charge is 1.98. The van der Waals surface area contributed by atoms with Gasteiger partial charge in [0.15, 0.2) is 0 Å². The van der Waals surface area contributed by atoms with Crippen LogP contribution in [0.2, 0.25) is 0 Å². The maximum Gasteiger partial charge on any atom is 0.334 e. The minimum absolute atomic E-state index is 2.00. The highest BCUT2D eigenvalue weighted by molar-refractivity contribution is 4.77. The molecule has 0 unspecified atom stereocenters. The first-order valence-electron chi connectivity index (χ1n) is 1.45. The fourth-order valence-corrected chi connectivity index (χ4v) is 0. The lowest BCUT2D eigenvalue weighted by Gasteiger charge is -1.69. The Bertz CT molecular complexity index is 117. The third-order valence-electron chi connectivity index (χ3n) is 0.143. The molecule has 0 aliphatic heterocycles. The Morgan fingerprint density at radius 1 is 0.889 bits per heavy atom. The van der Waals surface area contributed by atoms with Gasteiger partial charge in [-0.2, -0.15) is 17.6 Å². The van der Waals surface area contributed by atoms with Gasteiger partial charge in [-0.25, -0.2) is 0 Å². The van der Waals surface area contributed by atoms with E-state index in [1.54, 1.807) is 0 Å². The average Bonchev–Trinajstić information content (AvgIpc) is 1.68. The molecule has 0 fully saturated rings. The van der Waals surface area contributed by atoms with Gasteiger partial charge in [-0.15, -0.1) is 0 Å². The van der Waals surface area contributed by atoms with Crippen molar-refractivity contribution >= 4 is 0 Å². The maximum atomic E-state index is 10.3. The number of halogens is 4. The monoisotopic (exact) mass is 144 g/mol. The van der Waals surface area contributed by atoms with Crippen LogP contribution < -0.4 is 4.91 Å². The average molecular weight is 144 g/mol. The minimum atomic E-state index is -2.91. The second-order valence-electron chi connectivity index (χ2n) is 0.633. The predicted molar refractivity (Wildman–Crippen MR) is 19.0 cm³/mol. The summed E-state index contributed by atoms with van der Waals surface area (Å²) in [5.41, 5.74) is 11.0. The van der Waals surface area contributed by atoms with Crippen molar-refractivity contribution in [2.45, 2.75) is 0 Å². The van der Waals surface area contributed by atoms with Crippen LogP contribution in [0.1, 0.15) is 0 Å². The smallest absolute Gasteiger partial charge is 0.167 e. The van der Waals surface area contributed by atoms with Gasteiger partial charge < -0.3 is 0 Å². The molecule has 9 heavy (non-hydrogen) atoms. The lowest BCUT2D eigenvalue weighted by atomic mass is 11.1. The highest BCUT2D eigenvalue weighted by atomic mass is 19.3. The minimum Gasteiger partial charge on any atom is -0.167 e. The van der Waals surface area contributed by atoms with Crippen LogP contribution in [-0.2, 0) is 0 Å². The largest absolute Gasteiger partial charge is 0.334 e. The molecule has 52 valence electrons. The molecule has 0 aliphatic rings. The molecule has 0 bridgehead atoms. The normalized spacial score (nSPS) is 6.22. The van der Waals surface area contributed by atoms with Gasteiger partial charge in [0.1, 0.15) is 11.1 Å². The molecular formula is C2H2F4N3+. The molecule has 3 nitrogen and oxygen atoms in total. The molecule has 0 amide bonds. The van der Waals surface area contributed by atoms with Crippen LogP contribution >= 0.6 is 0 Å². The molecule has 0 aromatic rings. The molecule has 0 aromatic heterocycles. The summed E-state index contributed by atoms with van der Waals surface area (Å²) in [5, 5.41) is 0. The topological polar surface area (TPSA) is 61.8 Å².